The van der Waals surface area contributed by atoms with Crippen LogP contribution in [0.25, 0.3) is 0 Å². The summed E-state index contributed by atoms with van der Waals surface area (Å²) in [5.74, 6) is 1.38. The van der Waals surface area contributed by atoms with Gasteiger partial charge in [0.1, 0.15) is 5.75 Å². The summed E-state index contributed by atoms with van der Waals surface area (Å²) in [6.45, 7) is 6.31. The van der Waals surface area contributed by atoms with Crippen molar-refractivity contribution in [2.45, 2.75) is 39.5 Å². The maximum Gasteiger partial charge on any atom is 0.220 e. The molecular weight excluding hydrogens is 292 g/mol. The largest absolute Gasteiger partial charge is 0.491 e. The fourth-order valence-electron chi connectivity index (χ4n) is 2.08. The van der Waals surface area contributed by atoms with Gasteiger partial charge in [-0.15, -0.1) is 0 Å². The van der Waals surface area contributed by atoms with Crippen LogP contribution in [0, 0.1) is 5.92 Å². The second-order valence-electron chi connectivity index (χ2n) is 6.10. The van der Waals surface area contributed by atoms with Gasteiger partial charge in [-0.1, -0.05) is 19.9 Å². The Labute approximate surface area is 139 Å². The lowest BCUT2D eigenvalue weighted by atomic mass is 10.1. The molecule has 0 saturated carbocycles. The summed E-state index contributed by atoms with van der Waals surface area (Å²) < 4.78 is 10.6. The summed E-state index contributed by atoms with van der Waals surface area (Å²) >= 11 is 0. The molecule has 0 bridgehead atoms. The van der Waals surface area contributed by atoms with Crippen molar-refractivity contribution < 1.29 is 14.3 Å². The molecule has 0 radical (unpaired) electrons. The SMILES string of the molecule is COCCCNC(=O)CCc1ccc(OCCC(C)C)c(N)c1. The molecular formula is C18H30N2O3. The van der Waals surface area contributed by atoms with E-state index in [0.717, 1.165) is 24.2 Å². The van der Waals surface area contributed by atoms with Crippen molar-refractivity contribution in [1.82, 2.24) is 5.32 Å². The lowest BCUT2D eigenvalue weighted by Gasteiger charge is -2.11. The molecule has 3 N–H and O–H groups in total. The number of anilines is 1. The molecule has 0 saturated heterocycles. The number of nitrogens with one attached hydrogen (secondary N) is 1. The molecule has 0 aliphatic heterocycles. The second kappa shape index (κ2) is 10.9. The molecule has 0 fully saturated rings. The van der Waals surface area contributed by atoms with Crippen molar-refractivity contribution in [1.29, 1.82) is 0 Å². The Morgan fingerprint density at radius 1 is 1.30 bits per heavy atom. The fraction of sp³-hybridized carbons (Fsp3) is 0.611. The summed E-state index contributed by atoms with van der Waals surface area (Å²) in [6.07, 6.45) is 2.97. The smallest absolute Gasteiger partial charge is 0.220 e. The fourth-order valence-corrected chi connectivity index (χ4v) is 2.08. The van der Waals surface area contributed by atoms with E-state index in [1.54, 1.807) is 7.11 Å². The number of hydrogen-bond donors (Lipinski definition) is 2. The van der Waals surface area contributed by atoms with E-state index in [4.69, 9.17) is 15.2 Å². The molecule has 5 heteroatoms. The minimum Gasteiger partial charge on any atom is -0.491 e. The average Bonchev–Trinajstić information content (AvgIpc) is 2.51. The number of nitrogens with two attached hydrogens (primary N) is 1. The number of carbonyl (C=O) groups excluding carboxylic acids is 1. The van der Waals surface area contributed by atoms with Crippen LogP contribution in [-0.4, -0.2) is 32.8 Å². The molecule has 0 aliphatic rings. The van der Waals surface area contributed by atoms with Gasteiger partial charge in [0.25, 0.3) is 0 Å². The highest BCUT2D eigenvalue weighted by molar-refractivity contribution is 5.76. The molecule has 0 aromatic heterocycles. The molecule has 1 aromatic carbocycles. The normalized spacial score (nSPS) is 10.8. The third-order valence-corrected chi connectivity index (χ3v) is 3.52. The molecule has 0 unspecified atom stereocenters. The molecule has 5 nitrogen and oxygen atoms in total. The van der Waals surface area contributed by atoms with Gasteiger partial charge in [0.15, 0.2) is 0 Å². The average molecular weight is 322 g/mol. The molecule has 0 spiro atoms. The van der Waals surface area contributed by atoms with Crippen LogP contribution in [-0.2, 0) is 16.0 Å². The number of hydrogen-bond acceptors (Lipinski definition) is 4. The first-order valence-electron chi connectivity index (χ1n) is 8.29. The summed E-state index contributed by atoms with van der Waals surface area (Å²) in [5.41, 5.74) is 7.70. The van der Waals surface area contributed by atoms with Gasteiger partial charge in [0.05, 0.1) is 12.3 Å². The van der Waals surface area contributed by atoms with E-state index in [0.29, 0.717) is 44.2 Å². The molecule has 0 atom stereocenters. The maximum absolute atomic E-state index is 11.7. The first kappa shape index (κ1) is 19.3. The first-order chi connectivity index (χ1) is 11.0. The Balaban J connectivity index is 2.34. The lowest BCUT2D eigenvalue weighted by Crippen LogP contribution is -2.25. The summed E-state index contributed by atoms with van der Waals surface area (Å²) in [6, 6.07) is 5.75. The number of ether oxygens (including phenoxy) is 2. The van der Waals surface area contributed by atoms with E-state index in [1.807, 2.05) is 18.2 Å². The quantitative estimate of drug-likeness (QED) is 0.485. The molecule has 1 amide bonds. The van der Waals surface area contributed by atoms with Crippen LogP contribution in [0.3, 0.4) is 0 Å². The van der Waals surface area contributed by atoms with Crippen LogP contribution >= 0.6 is 0 Å². The predicted octanol–water partition coefficient (Wildman–Crippen LogP) is 2.78. The van der Waals surface area contributed by atoms with Gasteiger partial charge in [0.2, 0.25) is 5.91 Å². The number of carbonyl (C=O) groups is 1. The van der Waals surface area contributed by atoms with Crippen LogP contribution in [0.15, 0.2) is 18.2 Å². The zero-order chi connectivity index (χ0) is 17.1. The Bertz CT molecular complexity index is 475. The highest BCUT2D eigenvalue weighted by Crippen LogP contribution is 2.23. The van der Waals surface area contributed by atoms with Gasteiger partial charge in [-0.25, -0.2) is 0 Å². The van der Waals surface area contributed by atoms with Gasteiger partial charge in [-0.2, -0.15) is 0 Å². The van der Waals surface area contributed by atoms with Crippen LogP contribution in [0.1, 0.15) is 38.7 Å². The highest BCUT2D eigenvalue weighted by Gasteiger charge is 2.06. The van der Waals surface area contributed by atoms with Gasteiger partial charge in [-0.05, 0) is 42.9 Å². The Morgan fingerprint density at radius 2 is 2.09 bits per heavy atom. The van der Waals surface area contributed by atoms with E-state index < -0.39 is 0 Å². The maximum atomic E-state index is 11.7. The van der Waals surface area contributed by atoms with Crippen molar-refractivity contribution in [2.24, 2.45) is 5.92 Å². The molecule has 130 valence electrons. The molecule has 23 heavy (non-hydrogen) atoms. The number of nitrogen functional groups attached to an aromatic ring is 1. The minimum absolute atomic E-state index is 0.0527. The number of aryl methyl sites for hydroxylation is 1. The third-order valence-electron chi connectivity index (χ3n) is 3.52. The molecule has 1 aromatic rings. The molecule has 1 rings (SSSR count). The van der Waals surface area contributed by atoms with Crippen molar-refractivity contribution in [3.63, 3.8) is 0 Å². The number of rotatable bonds is 11. The number of amides is 1. The third kappa shape index (κ3) is 8.45. The Morgan fingerprint density at radius 3 is 2.74 bits per heavy atom. The minimum atomic E-state index is 0.0527. The zero-order valence-corrected chi connectivity index (χ0v) is 14.6. The first-order valence-corrected chi connectivity index (χ1v) is 8.29. The van der Waals surface area contributed by atoms with E-state index >= 15 is 0 Å². The van der Waals surface area contributed by atoms with Gasteiger partial charge >= 0.3 is 0 Å². The summed E-state index contributed by atoms with van der Waals surface area (Å²) in [5, 5.41) is 2.88. The van der Waals surface area contributed by atoms with Gasteiger partial charge < -0.3 is 20.5 Å². The zero-order valence-electron chi connectivity index (χ0n) is 14.6. The van der Waals surface area contributed by atoms with E-state index in [9.17, 15) is 4.79 Å². The van der Waals surface area contributed by atoms with Crippen molar-refractivity contribution in [3.8, 4) is 5.75 Å². The van der Waals surface area contributed by atoms with Crippen LogP contribution in [0.2, 0.25) is 0 Å². The Kier molecular flexibility index (Phi) is 9.14. The molecule has 0 aliphatic carbocycles. The second-order valence-corrected chi connectivity index (χ2v) is 6.10. The van der Waals surface area contributed by atoms with E-state index in [1.165, 1.54) is 0 Å². The van der Waals surface area contributed by atoms with Crippen LogP contribution in [0.4, 0.5) is 5.69 Å². The number of methoxy groups -OCH3 is 1. The lowest BCUT2D eigenvalue weighted by molar-refractivity contribution is -0.121. The van der Waals surface area contributed by atoms with Crippen LogP contribution < -0.4 is 15.8 Å². The van der Waals surface area contributed by atoms with Gasteiger partial charge in [0, 0.05) is 26.7 Å². The van der Waals surface area contributed by atoms with Crippen molar-refractivity contribution >= 4 is 11.6 Å². The topological polar surface area (TPSA) is 73.6 Å². The predicted molar refractivity (Wildman–Crippen MR) is 93.6 cm³/mol. The van der Waals surface area contributed by atoms with Crippen LogP contribution in [0.5, 0.6) is 5.75 Å². The van der Waals surface area contributed by atoms with Gasteiger partial charge in [-0.3, -0.25) is 4.79 Å². The van der Waals surface area contributed by atoms with E-state index in [-0.39, 0.29) is 5.91 Å². The standard InChI is InChI=1S/C18H30N2O3/c1-14(2)9-12-23-17-7-5-15(13-16(17)19)6-8-18(21)20-10-4-11-22-3/h5,7,13-14H,4,6,8-12,19H2,1-3H3,(H,20,21). The Hall–Kier alpha value is -1.75. The van der Waals surface area contributed by atoms with E-state index in [2.05, 4.69) is 19.2 Å². The number of benzene rings is 1. The summed E-state index contributed by atoms with van der Waals surface area (Å²) in [7, 11) is 1.66. The monoisotopic (exact) mass is 322 g/mol. The molecule has 0 heterocycles. The van der Waals surface area contributed by atoms with Crippen molar-refractivity contribution in [2.75, 3.05) is 32.6 Å². The van der Waals surface area contributed by atoms with Crippen molar-refractivity contribution in [3.05, 3.63) is 23.8 Å². The highest BCUT2D eigenvalue weighted by atomic mass is 16.5. The summed E-state index contributed by atoms with van der Waals surface area (Å²) in [4.78, 5) is 11.7.